The Bertz CT molecular complexity index is 221. The van der Waals surface area contributed by atoms with Crippen LogP contribution in [0.1, 0.15) is 13.8 Å². The van der Waals surface area contributed by atoms with Crippen LogP contribution >= 0.6 is 0 Å². The summed E-state index contributed by atoms with van der Waals surface area (Å²) in [7, 11) is 0. The van der Waals surface area contributed by atoms with E-state index in [1.54, 1.807) is 0 Å². The van der Waals surface area contributed by atoms with Crippen molar-refractivity contribution in [3.63, 3.8) is 0 Å². The highest BCUT2D eigenvalue weighted by Crippen LogP contribution is 1.93. The lowest BCUT2D eigenvalue weighted by Crippen LogP contribution is -2.18. The van der Waals surface area contributed by atoms with E-state index >= 15 is 0 Å². The van der Waals surface area contributed by atoms with E-state index in [4.69, 9.17) is 16.2 Å². The van der Waals surface area contributed by atoms with Crippen molar-refractivity contribution in [2.24, 2.45) is 16.5 Å². The number of aliphatic imine (C=N–C) groups is 1. The van der Waals surface area contributed by atoms with Gasteiger partial charge in [0, 0.05) is 12.2 Å². The third kappa shape index (κ3) is 6.86. The summed E-state index contributed by atoms with van der Waals surface area (Å²) < 4.78 is 4.92. The van der Waals surface area contributed by atoms with Crippen molar-refractivity contribution in [2.45, 2.75) is 19.9 Å². The molecule has 0 saturated heterocycles. The molecule has 0 aromatic heterocycles. The second-order valence-electron chi connectivity index (χ2n) is 2.70. The second-order valence-corrected chi connectivity index (χ2v) is 2.70. The summed E-state index contributed by atoms with van der Waals surface area (Å²) in [4.78, 5) is 14.4. The van der Waals surface area contributed by atoms with E-state index in [1.165, 1.54) is 12.4 Å². The molecule has 0 heterocycles. The number of ether oxygens (including phenoxy) is 1. The summed E-state index contributed by atoms with van der Waals surface area (Å²) in [5.41, 5.74) is 10.1. The minimum Gasteiger partial charge on any atom is -0.481 e. The fourth-order valence-electron chi connectivity index (χ4n) is 0.505. The van der Waals surface area contributed by atoms with Crippen LogP contribution in [0.5, 0.6) is 0 Å². The van der Waals surface area contributed by atoms with Crippen LogP contribution in [0.15, 0.2) is 17.0 Å². The van der Waals surface area contributed by atoms with Crippen LogP contribution in [0.25, 0.3) is 0 Å². The first kappa shape index (κ1) is 11.5. The molecule has 1 amide bonds. The molecule has 4 N–H and O–H groups in total. The molecule has 0 aliphatic rings. The van der Waals surface area contributed by atoms with Gasteiger partial charge in [0.1, 0.15) is 0 Å². The molecule has 5 heteroatoms. The van der Waals surface area contributed by atoms with Crippen molar-refractivity contribution in [2.75, 3.05) is 6.61 Å². The maximum Gasteiger partial charge on any atom is 0.255 e. The number of amides is 1. The van der Waals surface area contributed by atoms with Gasteiger partial charge >= 0.3 is 0 Å². The van der Waals surface area contributed by atoms with Gasteiger partial charge in [-0.3, -0.25) is 9.79 Å². The number of nitrogens with two attached hydrogens (primary N) is 2. The molecule has 0 aromatic rings. The summed E-state index contributed by atoms with van der Waals surface area (Å²) in [6, 6.07) is 0.159. The molecule has 0 aliphatic carbocycles. The smallest absolute Gasteiger partial charge is 0.255 e. The number of rotatable bonds is 5. The van der Waals surface area contributed by atoms with Crippen molar-refractivity contribution >= 4 is 12.1 Å². The Morgan fingerprint density at radius 2 is 2.23 bits per heavy atom. The zero-order chi connectivity index (χ0) is 10.3. The predicted molar refractivity (Wildman–Crippen MR) is 51.0 cm³/mol. The standard InChI is InChI=1S/C8H15N3O2/c1-6(2)11-4-7(3-9)13-5-8(10)12/h3-4,6H,5,9H2,1-2H3,(H2,10,12)/b7-3+,11-4?. The summed E-state index contributed by atoms with van der Waals surface area (Å²) >= 11 is 0. The van der Waals surface area contributed by atoms with Gasteiger partial charge in [-0.25, -0.2) is 0 Å². The van der Waals surface area contributed by atoms with Crippen LogP contribution < -0.4 is 11.5 Å². The molecule has 0 rings (SSSR count). The fraction of sp³-hybridized carbons (Fsp3) is 0.500. The fourth-order valence-corrected chi connectivity index (χ4v) is 0.505. The molecule has 0 atom stereocenters. The van der Waals surface area contributed by atoms with E-state index in [0.29, 0.717) is 5.76 Å². The topological polar surface area (TPSA) is 90.7 Å². The van der Waals surface area contributed by atoms with Crippen LogP contribution in [-0.4, -0.2) is 24.8 Å². The average Bonchev–Trinajstić information content (AvgIpc) is 2.04. The van der Waals surface area contributed by atoms with E-state index in [0.717, 1.165) is 0 Å². The lowest BCUT2D eigenvalue weighted by molar-refractivity contribution is -0.121. The van der Waals surface area contributed by atoms with Crippen molar-refractivity contribution in [1.82, 2.24) is 0 Å². The molecule has 0 spiro atoms. The maximum atomic E-state index is 10.3. The Morgan fingerprint density at radius 3 is 2.62 bits per heavy atom. The third-order valence-corrected chi connectivity index (χ3v) is 1.05. The Balaban J connectivity index is 3.99. The molecular formula is C8H15N3O2. The average molecular weight is 185 g/mol. The molecule has 0 aliphatic heterocycles. The number of carbonyl (C=O) groups excluding carboxylic acids is 1. The van der Waals surface area contributed by atoms with Crippen molar-refractivity contribution in [1.29, 1.82) is 0 Å². The monoisotopic (exact) mass is 185 g/mol. The highest BCUT2D eigenvalue weighted by molar-refractivity contribution is 5.78. The van der Waals surface area contributed by atoms with Gasteiger partial charge in [0.25, 0.3) is 5.91 Å². The van der Waals surface area contributed by atoms with Crippen LogP contribution in [0.3, 0.4) is 0 Å². The zero-order valence-electron chi connectivity index (χ0n) is 7.86. The van der Waals surface area contributed by atoms with Gasteiger partial charge < -0.3 is 16.2 Å². The van der Waals surface area contributed by atoms with Gasteiger partial charge in [0.2, 0.25) is 0 Å². The first-order valence-electron chi connectivity index (χ1n) is 3.92. The van der Waals surface area contributed by atoms with Crippen LogP contribution in [0.4, 0.5) is 0 Å². The summed E-state index contributed by atoms with van der Waals surface area (Å²) in [5.74, 6) is -0.204. The number of hydrogen-bond donors (Lipinski definition) is 2. The quantitative estimate of drug-likeness (QED) is 0.457. The minimum atomic E-state index is -0.544. The van der Waals surface area contributed by atoms with E-state index < -0.39 is 5.91 Å². The third-order valence-electron chi connectivity index (χ3n) is 1.05. The highest BCUT2D eigenvalue weighted by atomic mass is 16.5. The van der Waals surface area contributed by atoms with Crippen LogP contribution in [0, 0.1) is 0 Å². The van der Waals surface area contributed by atoms with Gasteiger partial charge in [0.05, 0.1) is 6.21 Å². The van der Waals surface area contributed by atoms with E-state index in [2.05, 4.69) is 4.99 Å². The molecule has 0 aromatic carbocycles. The van der Waals surface area contributed by atoms with Crippen molar-refractivity contribution in [3.05, 3.63) is 12.0 Å². The van der Waals surface area contributed by atoms with Crippen molar-refractivity contribution < 1.29 is 9.53 Å². The van der Waals surface area contributed by atoms with E-state index in [1.807, 2.05) is 13.8 Å². The van der Waals surface area contributed by atoms with E-state index in [-0.39, 0.29) is 12.6 Å². The minimum absolute atomic E-state index is 0.159. The van der Waals surface area contributed by atoms with Gasteiger partial charge in [-0.15, -0.1) is 0 Å². The Morgan fingerprint density at radius 1 is 1.62 bits per heavy atom. The number of hydrogen-bond acceptors (Lipinski definition) is 4. The van der Waals surface area contributed by atoms with Crippen LogP contribution in [0.2, 0.25) is 0 Å². The molecule has 0 unspecified atom stereocenters. The largest absolute Gasteiger partial charge is 0.481 e. The first-order valence-corrected chi connectivity index (χ1v) is 3.92. The van der Waals surface area contributed by atoms with Gasteiger partial charge in [-0.05, 0) is 13.8 Å². The lowest BCUT2D eigenvalue weighted by atomic mass is 10.4. The number of primary amides is 1. The molecular weight excluding hydrogens is 170 g/mol. The molecule has 0 fully saturated rings. The van der Waals surface area contributed by atoms with E-state index in [9.17, 15) is 4.79 Å². The molecule has 0 saturated carbocycles. The van der Waals surface area contributed by atoms with Gasteiger partial charge in [0.15, 0.2) is 12.4 Å². The second kappa shape index (κ2) is 6.05. The molecule has 0 bridgehead atoms. The first-order chi connectivity index (χ1) is 6.06. The number of allylic oxidation sites excluding steroid dienone is 1. The Kier molecular flexibility index (Phi) is 5.34. The summed E-state index contributed by atoms with van der Waals surface area (Å²) in [6.07, 6.45) is 2.70. The Labute approximate surface area is 77.5 Å². The van der Waals surface area contributed by atoms with Crippen molar-refractivity contribution in [3.8, 4) is 0 Å². The predicted octanol–water partition coefficient (Wildman–Crippen LogP) is -0.232. The molecule has 5 nitrogen and oxygen atoms in total. The highest BCUT2D eigenvalue weighted by Gasteiger charge is 1.97. The molecule has 74 valence electrons. The molecule has 0 radical (unpaired) electrons. The Hall–Kier alpha value is -1.52. The maximum absolute atomic E-state index is 10.3. The normalized spacial score (nSPS) is 12.4. The number of carbonyl (C=O) groups is 1. The summed E-state index contributed by atoms with van der Waals surface area (Å²) in [6.45, 7) is 3.64. The SMILES string of the molecule is CC(C)N=C/C(=C\N)OCC(N)=O. The zero-order valence-corrected chi connectivity index (χ0v) is 7.86. The number of nitrogens with zero attached hydrogens (tertiary/aromatic N) is 1. The van der Waals surface area contributed by atoms with Gasteiger partial charge in [-0.1, -0.05) is 0 Å². The molecule has 13 heavy (non-hydrogen) atoms. The van der Waals surface area contributed by atoms with Crippen LogP contribution in [-0.2, 0) is 9.53 Å². The lowest BCUT2D eigenvalue weighted by Gasteiger charge is -2.03. The summed E-state index contributed by atoms with van der Waals surface area (Å²) in [5, 5.41) is 0. The van der Waals surface area contributed by atoms with Gasteiger partial charge in [-0.2, -0.15) is 0 Å².